The second kappa shape index (κ2) is 6.74. The van der Waals surface area contributed by atoms with Crippen LogP contribution in [0.5, 0.6) is 0 Å². The number of carbonyl (C=O) groups excluding carboxylic acids is 1. The number of hydrogen-bond donors (Lipinski definition) is 0. The molecule has 1 aromatic rings. The maximum Gasteiger partial charge on any atom is 0.178 e. The van der Waals surface area contributed by atoms with Crippen molar-refractivity contribution in [1.82, 2.24) is 9.47 Å². The largest absolute Gasteiger partial charge is 0.351 e. The van der Waals surface area contributed by atoms with E-state index in [0.717, 1.165) is 23.5 Å². The van der Waals surface area contributed by atoms with Gasteiger partial charge >= 0.3 is 0 Å². The minimum Gasteiger partial charge on any atom is -0.351 e. The molecule has 0 fully saturated rings. The number of carbonyl (C=O) groups is 1. The fraction of sp³-hybridized carbons (Fsp3) is 0.667. The highest BCUT2D eigenvalue weighted by atomic mass is 16.1. The number of ketones is 1. The number of nitrogens with zero attached hydrogens (tertiary/aromatic N) is 2. The molecule has 0 atom stereocenters. The lowest BCUT2D eigenvalue weighted by Crippen LogP contribution is -2.27. The van der Waals surface area contributed by atoms with Crippen LogP contribution in [0.2, 0.25) is 0 Å². The van der Waals surface area contributed by atoms with E-state index in [1.54, 1.807) is 0 Å². The Morgan fingerprint density at radius 2 is 2.00 bits per heavy atom. The molecule has 0 aromatic carbocycles. The number of hydrogen-bond acceptors (Lipinski definition) is 2. The zero-order valence-electron chi connectivity index (χ0n) is 12.4. The van der Waals surface area contributed by atoms with Crippen molar-refractivity contribution in [2.24, 2.45) is 7.05 Å². The highest BCUT2D eigenvalue weighted by Gasteiger charge is 2.15. The lowest BCUT2D eigenvalue weighted by Gasteiger charge is -2.15. The lowest BCUT2D eigenvalue weighted by atomic mass is 10.1. The quantitative estimate of drug-likeness (QED) is 0.549. The molecule has 0 aliphatic rings. The van der Waals surface area contributed by atoms with E-state index in [1.807, 2.05) is 34.0 Å². The van der Waals surface area contributed by atoms with Crippen LogP contribution in [-0.2, 0) is 7.05 Å². The normalized spacial score (nSPS) is 11.2. The zero-order valence-corrected chi connectivity index (χ0v) is 12.4. The second-order valence-corrected chi connectivity index (χ2v) is 5.21. The molecule has 3 nitrogen and oxygen atoms in total. The Kier molecular flexibility index (Phi) is 5.60. The summed E-state index contributed by atoms with van der Waals surface area (Å²) in [5.74, 6) is 0.232. The van der Waals surface area contributed by atoms with E-state index in [1.165, 1.54) is 19.3 Å². The van der Waals surface area contributed by atoms with Gasteiger partial charge in [0, 0.05) is 24.0 Å². The van der Waals surface area contributed by atoms with Gasteiger partial charge in [-0.05, 0) is 39.9 Å². The fourth-order valence-corrected chi connectivity index (χ4v) is 2.18. The monoisotopic (exact) mass is 250 g/mol. The summed E-state index contributed by atoms with van der Waals surface area (Å²) < 4.78 is 2.07. The van der Waals surface area contributed by atoms with Crippen molar-refractivity contribution in [3.8, 4) is 0 Å². The first-order valence-corrected chi connectivity index (χ1v) is 6.82. The van der Waals surface area contributed by atoms with Crippen molar-refractivity contribution in [1.29, 1.82) is 0 Å². The van der Waals surface area contributed by atoms with Crippen LogP contribution in [0.3, 0.4) is 0 Å². The minimum atomic E-state index is 0.232. The third-order valence-corrected chi connectivity index (χ3v) is 3.63. The van der Waals surface area contributed by atoms with Crippen molar-refractivity contribution in [3.05, 3.63) is 23.0 Å². The SMILES string of the molecule is CCCCCN(C)CC(=O)c1cc(C)n(C)c1C. The van der Waals surface area contributed by atoms with E-state index in [9.17, 15) is 4.79 Å². The molecule has 0 aliphatic heterocycles. The molecule has 1 heterocycles. The van der Waals surface area contributed by atoms with Gasteiger partial charge in [0.2, 0.25) is 0 Å². The number of unbranched alkanes of at least 4 members (excludes halogenated alkanes) is 2. The average Bonchev–Trinajstić information content (AvgIpc) is 2.57. The first kappa shape index (κ1) is 15.0. The molecule has 18 heavy (non-hydrogen) atoms. The standard InChI is InChI=1S/C15H26N2O/c1-6-7-8-9-16(4)11-15(18)14-10-12(2)17(5)13(14)3/h10H,6-9,11H2,1-5H3. The van der Waals surface area contributed by atoms with Crippen molar-refractivity contribution in [2.75, 3.05) is 20.1 Å². The first-order chi connectivity index (χ1) is 8.47. The molecule has 1 aromatic heterocycles. The van der Waals surface area contributed by atoms with Gasteiger partial charge in [-0.2, -0.15) is 0 Å². The van der Waals surface area contributed by atoms with Gasteiger partial charge < -0.3 is 4.57 Å². The molecule has 0 saturated carbocycles. The summed E-state index contributed by atoms with van der Waals surface area (Å²) in [5.41, 5.74) is 3.08. The van der Waals surface area contributed by atoms with Crippen molar-refractivity contribution in [2.45, 2.75) is 40.0 Å². The van der Waals surface area contributed by atoms with E-state index >= 15 is 0 Å². The molecule has 102 valence electrons. The Labute approximate surface area is 111 Å². The Morgan fingerprint density at radius 1 is 1.33 bits per heavy atom. The van der Waals surface area contributed by atoms with Crippen LogP contribution in [0, 0.1) is 13.8 Å². The van der Waals surface area contributed by atoms with Crippen LogP contribution in [-0.4, -0.2) is 35.4 Å². The Morgan fingerprint density at radius 3 is 2.50 bits per heavy atom. The maximum atomic E-state index is 12.2. The third kappa shape index (κ3) is 3.70. The number of aryl methyl sites for hydroxylation is 1. The van der Waals surface area contributed by atoms with E-state index < -0.39 is 0 Å². The van der Waals surface area contributed by atoms with Crippen LogP contribution in [0.25, 0.3) is 0 Å². The van der Waals surface area contributed by atoms with Gasteiger partial charge in [-0.3, -0.25) is 9.69 Å². The first-order valence-electron chi connectivity index (χ1n) is 6.82. The van der Waals surface area contributed by atoms with Gasteiger partial charge in [-0.1, -0.05) is 19.8 Å². The average molecular weight is 250 g/mol. The summed E-state index contributed by atoms with van der Waals surface area (Å²) >= 11 is 0. The van der Waals surface area contributed by atoms with Gasteiger partial charge in [0.25, 0.3) is 0 Å². The van der Waals surface area contributed by atoms with Gasteiger partial charge in [0.1, 0.15) is 0 Å². The Bertz CT molecular complexity index is 407. The molecule has 0 N–H and O–H groups in total. The van der Waals surface area contributed by atoms with Crippen LogP contribution < -0.4 is 0 Å². The summed E-state index contributed by atoms with van der Waals surface area (Å²) in [4.78, 5) is 14.3. The second-order valence-electron chi connectivity index (χ2n) is 5.21. The lowest BCUT2D eigenvalue weighted by molar-refractivity contribution is 0.0945. The topological polar surface area (TPSA) is 25.2 Å². The predicted octanol–water partition coefficient (Wildman–Crippen LogP) is 2.95. The Balaban J connectivity index is 2.57. The minimum absolute atomic E-state index is 0.232. The summed E-state index contributed by atoms with van der Waals surface area (Å²) in [7, 11) is 4.03. The molecular weight excluding hydrogens is 224 g/mol. The molecule has 0 aliphatic carbocycles. The molecule has 0 unspecified atom stereocenters. The van der Waals surface area contributed by atoms with Crippen LogP contribution in [0.4, 0.5) is 0 Å². The van der Waals surface area contributed by atoms with Crippen molar-refractivity contribution < 1.29 is 4.79 Å². The predicted molar refractivity (Wildman–Crippen MR) is 76.2 cm³/mol. The number of Topliss-reactive ketones (excluding diaryl/α,β-unsaturated/α-hetero) is 1. The van der Waals surface area contributed by atoms with Gasteiger partial charge in [0.15, 0.2) is 5.78 Å². The molecule has 0 bridgehead atoms. The number of aromatic nitrogens is 1. The summed E-state index contributed by atoms with van der Waals surface area (Å²) in [6.07, 6.45) is 3.63. The number of rotatable bonds is 7. The fourth-order valence-electron chi connectivity index (χ4n) is 2.18. The smallest absolute Gasteiger partial charge is 0.178 e. The van der Waals surface area contributed by atoms with Gasteiger partial charge in [-0.25, -0.2) is 0 Å². The van der Waals surface area contributed by atoms with Crippen molar-refractivity contribution in [3.63, 3.8) is 0 Å². The molecular formula is C15H26N2O. The van der Waals surface area contributed by atoms with Gasteiger partial charge in [0.05, 0.1) is 6.54 Å². The molecule has 0 amide bonds. The van der Waals surface area contributed by atoms with Crippen LogP contribution in [0.1, 0.15) is 47.9 Å². The summed E-state index contributed by atoms with van der Waals surface area (Å²) in [6.45, 7) is 7.77. The molecule has 0 spiro atoms. The number of likely N-dealkylation sites (N-methyl/N-ethyl adjacent to an activating group) is 1. The van der Waals surface area contributed by atoms with Crippen LogP contribution >= 0.6 is 0 Å². The maximum absolute atomic E-state index is 12.2. The molecule has 0 saturated heterocycles. The molecule has 0 radical (unpaired) electrons. The molecule has 3 heteroatoms. The highest BCUT2D eigenvalue weighted by Crippen LogP contribution is 2.14. The molecule has 1 rings (SSSR count). The van der Waals surface area contributed by atoms with E-state index in [0.29, 0.717) is 6.54 Å². The summed E-state index contributed by atoms with van der Waals surface area (Å²) in [5, 5.41) is 0. The van der Waals surface area contributed by atoms with Crippen LogP contribution in [0.15, 0.2) is 6.07 Å². The Hall–Kier alpha value is -1.09. The van der Waals surface area contributed by atoms with Crippen molar-refractivity contribution >= 4 is 5.78 Å². The third-order valence-electron chi connectivity index (χ3n) is 3.63. The summed E-state index contributed by atoms with van der Waals surface area (Å²) in [6, 6.07) is 2.00. The van der Waals surface area contributed by atoms with E-state index in [4.69, 9.17) is 0 Å². The zero-order chi connectivity index (χ0) is 13.7. The van der Waals surface area contributed by atoms with E-state index in [2.05, 4.69) is 16.4 Å². The van der Waals surface area contributed by atoms with E-state index in [-0.39, 0.29) is 5.78 Å². The van der Waals surface area contributed by atoms with Gasteiger partial charge in [-0.15, -0.1) is 0 Å². The highest BCUT2D eigenvalue weighted by molar-refractivity contribution is 5.98.